The lowest BCUT2D eigenvalue weighted by molar-refractivity contribution is -0.155. The van der Waals surface area contributed by atoms with Crippen molar-refractivity contribution in [2.75, 3.05) is 26.4 Å². The summed E-state index contributed by atoms with van der Waals surface area (Å²) in [7, 11) is 0. The second-order valence-electron chi connectivity index (χ2n) is 23.1. The molecular formula is C65H124O6. The van der Waals surface area contributed by atoms with E-state index in [1.165, 1.54) is 315 Å². The van der Waals surface area contributed by atoms with Crippen LogP contribution in [0.1, 0.15) is 354 Å². The first-order valence-electron chi connectivity index (χ1n) is 32.3. The fourth-order valence-electron chi connectivity index (χ4n) is 10.8. The smallest absolute Gasteiger partial charge is 0.309 e. The van der Waals surface area contributed by atoms with Gasteiger partial charge in [-0.05, 0) is 25.7 Å². The minimum atomic E-state index is -1.12. The van der Waals surface area contributed by atoms with E-state index in [1.807, 2.05) is 0 Å². The number of unbranched alkanes of at least 4 members (excludes halogenated alkanes) is 50. The second-order valence-corrected chi connectivity index (χ2v) is 23.1. The van der Waals surface area contributed by atoms with Crippen LogP contribution in [-0.2, 0) is 19.1 Å². The highest BCUT2D eigenvalue weighted by Crippen LogP contribution is 2.25. The fraction of sp³-hybridized carbons (Fsp3) is 0.938. The van der Waals surface area contributed by atoms with Gasteiger partial charge in [-0.2, -0.15) is 0 Å². The summed E-state index contributed by atoms with van der Waals surface area (Å²) >= 11 is 0. The largest absolute Gasteiger partial charge is 0.465 e. The van der Waals surface area contributed by atoms with Crippen molar-refractivity contribution < 1.29 is 29.3 Å². The van der Waals surface area contributed by atoms with Crippen LogP contribution in [0.15, 0.2) is 12.2 Å². The zero-order chi connectivity index (χ0) is 51.1. The van der Waals surface area contributed by atoms with Crippen molar-refractivity contribution >= 4 is 11.9 Å². The molecule has 1 fully saturated rings. The van der Waals surface area contributed by atoms with Gasteiger partial charge in [0.15, 0.2) is 0 Å². The Morgan fingerprint density at radius 1 is 0.366 bits per heavy atom. The zero-order valence-electron chi connectivity index (χ0n) is 47.8. The second kappa shape index (κ2) is 54.8. The van der Waals surface area contributed by atoms with Crippen molar-refractivity contribution in [3.05, 3.63) is 12.2 Å². The molecule has 0 aromatic rings. The molecule has 0 aliphatic carbocycles. The van der Waals surface area contributed by atoms with Gasteiger partial charge >= 0.3 is 11.9 Å². The van der Waals surface area contributed by atoms with Crippen molar-refractivity contribution in [2.45, 2.75) is 354 Å². The van der Waals surface area contributed by atoms with E-state index in [0.29, 0.717) is 6.42 Å². The summed E-state index contributed by atoms with van der Waals surface area (Å²) in [5.41, 5.74) is -1.12. The lowest BCUT2D eigenvalue weighted by Crippen LogP contribution is -2.40. The minimum absolute atomic E-state index is 0.00524. The Hall–Kier alpha value is -1.40. The van der Waals surface area contributed by atoms with Gasteiger partial charge in [-0.25, -0.2) is 0 Å². The SMILES string of the molecule is CCC/C=C/CCCCCCCCCCCCCCCCCCCCCCCCCCCCCCCCCCCCCCCCCCCCCCCCCCCC1CC(=O)OCC(CO)(CO)COC1=O. The quantitative estimate of drug-likeness (QED) is 0.0358. The predicted octanol–water partition coefficient (Wildman–Crippen LogP) is 20.3. The number of carbonyl (C=O) groups is 2. The molecule has 1 heterocycles. The molecule has 1 aliphatic heterocycles. The molecular weight excluding hydrogens is 877 g/mol. The molecule has 6 nitrogen and oxygen atoms in total. The number of hydrogen-bond acceptors (Lipinski definition) is 6. The molecule has 0 aromatic heterocycles. The van der Waals surface area contributed by atoms with Crippen LogP contribution in [0.4, 0.5) is 0 Å². The Morgan fingerprint density at radius 3 is 0.873 bits per heavy atom. The minimum Gasteiger partial charge on any atom is -0.465 e. The van der Waals surface area contributed by atoms with E-state index in [0.717, 1.165) is 19.3 Å². The number of esters is 2. The number of ether oxygens (including phenoxy) is 2. The third-order valence-corrected chi connectivity index (χ3v) is 16.0. The Labute approximate surface area is 443 Å². The Balaban J connectivity index is 1.67. The number of rotatable bonds is 56. The van der Waals surface area contributed by atoms with E-state index in [1.54, 1.807) is 0 Å². The average Bonchev–Trinajstić information content (AvgIpc) is 3.44. The lowest BCUT2D eigenvalue weighted by Gasteiger charge is -2.27. The molecule has 1 unspecified atom stereocenters. The van der Waals surface area contributed by atoms with E-state index in [2.05, 4.69) is 19.1 Å². The van der Waals surface area contributed by atoms with Gasteiger partial charge in [0.05, 0.1) is 31.0 Å². The summed E-state index contributed by atoms with van der Waals surface area (Å²) in [6, 6.07) is 0. The Kier molecular flexibility index (Phi) is 52.2. The molecule has 71 heavy (non-hydrogen) atoms. The zero-order valence-corrected chi connectivity index (χ0v) is 47.8. The topological polar surface area (TPSA) is 93.1 Å². The maximum absolute atomic E-state index is 12.5. The van der Waals surface area contributed by atoms with Crippen LogP contribution in [0, 0.1) is 11.3 Å². The van der Waals surface area contributed by atoms with Crippen molar-refractivity contribution in [1.29, 1.82) is 0 Å². The van der Waals surface area contributed by atoms with Crippen LogP contribution >= 0.6 is 0 Å². The lowest BCUT2D eigenvalue weighted by atomic mass is 9.92. The van der Waals surface area contributed by atoms with Crippen molar-refractivity contribution in [2.24, 2.45) is 11.3 Å². The summed E-state index contributed by atoms with van der Waals surface area (Å²) in [5, 5.41) is 19.2. The summed E-state index contributed by atoms with van der Waals surface area (Å²) in [4.78, 5) is 24.7. The predicted molar refractivity (Wildman–Crippen MR) is 306 cm³/mol. The molecule has 0 bridgehead atoms. The highest BCUT2D eigenvalue weighted by molar-refractivity contribution is 5.80. The molecule has 1 rings (SSSR count). The van der Waals surface area contributed by atoms with Crippen LogP contribution in [0.3, 0.4) is 0 Å². The number of carbonyl (C=O) groups excluding carboxylic acids is 2. The van der Waals surface area contributed by atoms with Gasteiger partial charge in [0.2, 0.25) is 0 Å². The monoisotopic (exact) mass is 1000 g/mol. The Bertz CT molecular complexity index is 1120. The molecule has 1 aliphatic rings. The molecule has 1 atom stereocenters. The molecule has 0 aromatic carbocycles. The number of aliphatic hydroxyl groups excluding tert-OH is 2. The highest BCUT2D eigenvalue weighted by Gasteiger charge is 2.36. The van der Waals surface area contributed by atoms with Gasteiger partial charge in [0.25, 0.3) is 0 Å². The van der Waals surface area contributed by atoms with E-state index >= 15 is 0 Å². The molecule has 6 heteroatoms. The van der Waals surface area contributed by atoms with Gasteiger partial charge in [-0.1, -0.05) is 334 Å². The third-order valence-electron chi connectivity index (χ3n) is 16.0. The summed E-state index contributed by atoms with van der Waals surface area (Å²) in [6.45, 7) is 1.16. The number of cyclic esters (lactones) is 2. The first-order chi connectivity index (χ1) is 35.1. The molecule has 420 valence electrons. The number of allylic oxidation sites excluding steroid dienone is 2. The first-order valence-corrected chi connectivity index (χ1v) is 32.3. The molecule has 2 N–H and O–H groups in total. The molecule has 0 saturated carbocycles. The van der Waals surface area contributed by atoms with Gasteiger partial charge in [-0.15, -0.1) is 0 Å². The summed E-state index contributed by atoms with van der Waals surface area (Å²) < 4.78 is 10.6. The fourth-order valence-corrected chi connectivity index (χ4v) is 10.8. The molecule has 0 amide bonds. The van der Waals surface area contributed by atoms with Crippen LogP contribution in [0.5, 0.6) is 0 Å². The maximum Gasteiger partial charge on any atom is 0.309 e. The Morgan fingerprint density at radius 2 is 0.606 bits per heavy atom. The third kappa shape index (κ3) is 46.8. The van der Waals surface area contributed by atoms with E-state index in [-0.39, 0.29) is 19.6 Å². The van der Waals surface area contributed by atoms with Crippen molar-refractivity contribution in [1.82, 2.24) is 0 Å². The van der Waals surface area contributed by atoms with Gasteiger partial charge in [0, 0.05) is 0 Å². The van der Waals surface area contributed by atoms with Gasteiger partial charge in [0.1, 0.15) is 13.2 Å². The van der Waals surface area contributed by atoms with Gasteiger partial charge < -0.3 is 19.7 Å². The normalized spacial score (nSPS) is 15.3. The van der Waals surface area contributed by atoms with Crippen molar-refractivity contribution in [3.8, 4) is 0 Å². The van der Waals surface area contributed by atoms with E-state index in [9.17, 15) is 19.8 Å². The highest BCUT2D eigenvalue weighted by atomic mass is 16.6. The van der Waals surface area contributed by atoms with E-state index < -0.39 is 36.5 Å². The van der Waals surface area contributed by atoms with Crippen LogP contribution < -0.4 is 0 Å². The maximum atomic E-state index is 12.5. The van der Waals surface area contributed by atoms with Gasteiger partial charge in [-0.3, -0.25) is 9.59 Å². The number of aliphatic hydroxyl groups is 2. The summed E-state index contributed by atoms with van der Waals surface area (Å²) in [5.74, 6) is -1.40. The molecule has 1 saturated heterocycles. The van der Waals surface area contributed by atoms with Crippen molar-refractivity contribution in [3.63, 3.8) is 0 Å². The van der Waals surface area contributed by atoms with Crippen LogP contribution in [0.2, 0.25) is 0 Å². The number of hydrogen-bond donors (Lipinski definition) is 2. The first kappa shape index (κ1) is 67.6. The van der Waals surface area contributed by atoms with E-state index in [4.69, 9.17) is 9.47 Å². The average molecular weight is 1000 g/mol. The van der Waals surface area contributed by atoms with Crippen LogP contribution in [0.25, 0.3) is 0 Å². The van der Waals surface area contributed by atoms with Crippen LogP contribution in [-0.4, -0.2) is 48.6 Å². The standard InChI is InChI=1S/C65H124O6/c1-2-3-4-5-6-7-8-9-10-11-12-13-14-15-16-17-18-19-20-21-22-23-24-25-26-27-28-29-30-31-32-33-34-35-36-37-38-39-40-41-42-43-44-45-46-47-48-49-50-51-52-53-54-55-56-62-57-63(68)70-60-65(58-66,59-67)61-71-64(62)69/h4-5,62,66-67H,2-3,6-61H2,1H3/b5-4+. The molecule has 0 radical (unpaired) electrons. The molecule has 0 spiro atoms. The summed E-state index contributed by atoms with van der Waals surface area (Å²) in [6.07, 6.45) is 78.7.